The molecule has 14 nitrogen and oxygen atoms in total. The van der Waals surface area contributed by atoms with E-state index in [1.165, 1.54) is 19.1 Å². The van der Waals surface area contributed by atoms with Crippen molar-refractivity contribution < 1.29 is 48.1 Å². The third kappa shape index (κ3) is 15.3. The predicted molar refractivity (Wildman–Crippen MR) is 245 cm³/mol. The number of methoxy groups -OCH3 is 2. The van der Waals surface area contributed by atoms with Crippen LogP contribution >= 0.6 is 0 Å². The van der Waals surface area contributed by atoms with E-state index in [0.717, 1.165) is 18.4 Å². The van der Waals surface area contributed by atoms with Gasteiger partial charge in [-0.25, -0.2) is 9.59 Å². The fourth-order valence-corrected chi connectivity index (χ4v) is 9.05. The molecule has 4 amide bonds. The molecule has 1 aliphatic rings. The van der Waals surface area contributed by atoms with Crippen molar-refractivity contribution in [1.82, 2.24) is 20.4 Å². The number of carbonyl (C=O) groups excluding carboxylic acids is 5. The van der Waals surface area contributed by atoms with Gasteiger partial charge < -0.3 is 34.9 Å². The van der Waals surface area contributed by atoms with Crippen molar-refractivity contribution in [2.45, 2.75) is 170 Å². The number of hydrogen-bond donors (Lipinski definition) is 3. The summed E-state index contributed by atoms with van der Waals surface area (Å²) in [6.45, 7) is 24.9. The van der Waals surface area contributed by atoms with Crippen molar-refractivity contribution in [3.63, 3.8) is 0 Å². The molecule has 0 aliphatic carbocycles. The molecule has 0 aromatic heterocycles. The molecule has 358 valence electrons. The van der Waals surface area contributed by atoms with Crippen LogP contribution in [0, 0.1) is 41.4 Å². The van der Waals surface area contributed by atoms with Crippen LogP contribution in [0.1, 0.15) is 134 Å². The molecule has 63 heavy (non-hydrogen) atoms. The molecule has 1 aromatic rings. The third-order valence-electron chi connectivity index (χ3n) is 13.3. The van der Waals surface area contributed by atoms with Gasteiger partial charge in [-0.15, -0.1) is 0 Å². The first-order chi connectivity index (χ1) is 29.3. The van der Waals surface area contributed by atoms with Crippen LogP contribution in [0.15, 0.2) is 30.3 Å². The fraction of sp³-hybridized carbons (Fsp3) is 0.755. The van der Waals surface area contributed by atoms with E-state index in [2.05, 4.69) is 24.5 Å². The average Bonchev–Trinajstić information content (AvgIpc) is 3.71. The molecule has 1 fully saturated rings. The summed E-state index contributed by atoms with van der Waals surface area (Å²) in [6, 6.07) is 5.96. The second-order valence-corrected chi connectivity index (χ2v) is 19.8. The van der Waals surface area contributed by atoms with Gasteiger partial charge in [-0.3, -0.25) is 24.1 Å². The summed E-state index contributed by atoms with van der Waals surface area (Å²) < 4.78 is 17.6. The van der Waals surface area contributed by atoms with E-state index in [-0.39, 0.29) is 47.7 Å². The van der Waals surface area contributed by atoms with Crippen LogP contribution in [0.5, 0.6) is 0 Å². The predicted octanol–water partition coefficient (Wildman–Crippen LogP) is 7.33. The van der Waals surface area contributed by atoms with E-state index in [4.69, 9.17) is 14.2 Å². The summed E-state index contributed by atoms with van der Waals surface area (Å²) in [5, 5.41) is 15.8. The van der Waals surface area contributed by atoms with E-state index in [9.17, 15) is 33.9 Å². The largest absolute Gasteiger partial charge is 0.480 e. The minimum atomic E-state index is -1.16. The Hall–Kier alpha value is -4.04. The molecule has 1 heterocycles. The molecular weight excluding hydrogens is 805 g/mol. The van der Waals surface area contributed by atoms with Gasteiger partial charge in [0.25, 0.3) is 0 Å². The average molecular weight is 887 g/mol. The third-order valence-corrected chi connectivity index (χ3v) is 13.3. The lowest BCUT2D eigenvalue weighted by atomic mass is 9.74. The monoisotopic (exact) mass is 887 g/mol. The van der Waals surface area contributed by atoms with Gasteiger partial charge in [-0.1, -0.05) is 106 Å². The minimum absolute atomic E-state index is 0.0855. The maximum Gasteiger partial charge on any atom is 0.410 e. The summed E-state index contributed by atoms with van der Waals surface area (Å²) in [5.41, 5.74) is 0.0475. The van der Waals surface area contributed by atoms with E-state index in [0.29, 0.717) is 19.4 Å². The van der Waals surface area contributed by atoms with Gasteiger partial charge in [0.05, 0.1) is 36.6 Å². The van der Waals surface area contributed by atoms with E-state index in [1.807, 2.05) is 71.9 Å². The normalized spacial score (nSPS) is 19.7. The van der Waals surface area contributed by atoms with Crippen molar-refractivity contribution >= 4 is 35.6 Å². The summed E-state index contributed by atoms with van der Waals surface area (Å²) in [6.07, 6.45) is 1.09. The molecule has 0 saturated carbocycles. The van der Waals surface area contributed by atoms with E-state index in [1.54, 1.807) is 46.6 Å². The number of Topliss-reactive ketones (excluding diaryl/α,β-unsaturated/α-hetero) is 1. The first-order valence-electron chi connectivity index (χ1n) is 23.1. The van der Waals surface area contributed by atoms with Crippen LogP contribution in [0.3, 0.4) is 0 Å². The molecule has 3 N–H and O–H groups in total. The lowest BCUT2D eigenvalue weighted by Crippen LogP contribution is -2.56. The number of carboxylic acids is 1. The maximum absolute atomic E-state index is 14.3. The van der Waals surface area contributed by atoms with Gasteiger partial charge in [-0.05, 0) is 75.2 Å². The topological polar surface area (TPSA) is 181 Å². The number of hydrogen-bond acceptors (Lipinski definition) is 9. The lowest BCUT2D eigenvalue weighted by Gasteiger charge is -2.37. The Labute approximate surface area is 378 Å². The number of amides is 4. The van der Waals surface area contributed by atoms with Crippen LogP contribution in [-0.4, -0.2) is 120 Å². The highest BCUT2D eigenvalue weighted by atomic mass is 16.6. The van der Waals surface area contributed by atoms with Gasteiger partial charge in [0, 0.05) is 39.6 Å². The standard InChI is InChI=1S/C49H82N4O10/c1-17-30(6)36(26-31(7)32(8)43(55)40(28(2)3)50-46(57)42(29(4)5)52(14)48(60)63-49(11,12)13)38(61-15)27-39(54)53-25-21-24-37(53)44(62-16)34(10)45(56)51-41(47(58)59)33(9)35-22-19-18-20-23-35/h18-20,22-23,28-34,36-38,40-42,44H,17,21,24-27H2,1-16H3,(H,50,57)(H,51,56)(H,58,59). The summed E-state index contributed by atoms with van der Waals surface area (Å²) in [5.74, 6) is -4.50. The fourth-order valence-electron chi connectivity index (χ4n) is 9.05. The summed E-state index contributed by atoms with van der Waals surface area (Å²) in [7, 11) is 4.66. The number of ketones is 1. The summed E-state index contributed by atoms with van der Waals surface area (Å²) in [4.78, 5) is 84.5. The van der Waals surface area contributed by atoms with Gasteiger partial charge in [0.1, 0.15) is 17.7 Å². The molecule has 2 rings (SSSR count). The number of nitrogens with zero attached hydrogens (tertiary/aromatic N) is 2. The highest BCUT2D eigenvalue weighted by Gasteiger charge is 2.43. The summed E-state index contributed by atoms with van der Waals surface area (Å²) >= 11 is 0. The van der Waals surface area contributed by atoms with Crippen LogP contribution in [0.25, 0.3) is 0 Å². The van der Waals surface area contributed by atoms with Crippen molar-refractivity contribution in [3.8, 4) is 0 Å². The van der Waals surface area contributed by atoms with Gasteiger partial charge in [0.2, 0.25) is 17.7 Å². The van der Waals surface area contributed by atoms with Crippen molar-refractivity contribution in [3.05, 3.63) is 35.9 Å². The smallest absolute Gasteiger partial charge is 0.410 e. The van der Waals surface area contributed by atoms with Crippen LogP contribution in [0.4, 0.5) is 4.79 Å². The van der Waals surface area contributed by atoms with E-state index < -0.39 is 83.6 Å². The van der Waals surface area contributed by atoms with Crippen LogP contribution in [-0.2, 0) is 38.2 Å². The Balaban J connectivity index is 2.25. The first-order valence-corrected chi connectivity index (χ1v) is 23.1. The zero-order valence-electron chi connectivity index (χ0n) is 41.2. The quantitative estimate of drug-likeness (QED) is 0.0951. The number of nitrogens with one attached hydrogen (secondary N) is 2. The zero-order valence-corrected chi connectivity index (χ0v) is 41.2. The molecule has 0 bridgehead atoms. The molecule has 14 heteroatoms. The number of benzene rings is 1. The molecule has 12 atom stereocenters. The molecule has 0 radical (unpaired) electrons. The Morgan fingerprint density at radius 1 is 0.825 bits per heavy atom. The van der Waals surface area contributed by atoms with Crippen LogP contribution in [0.2, 0.25) is 0 Å². The van der Waals surface area contributed by atoms with Gasteiger partial charge in [0.15, 0.2) is 5.78 Å². The Kier molecular flexibility index (Phi) is 21.7. The highest BCUT2D eigenvalue weighted by molar-refractivity contribution is 5.93. The number of aliphatic carboxylic acids is 1. The number of rotatable bonds is 24. The van der Waals surface area contributed by atoms with E-state index >= 15 is 0 Å². The second kappa shape index (κ2) is 24.9. The zero-order chi connectivity index (χ0) is 48.1. The highest BCUT2D eigenvalue weighted by Crippen LogP contribution is 2.35. The number of likely N-dealkylation sites (N-methyl/N-ethyl adjacent to an activating group) is 1. The molecule has 1 aromatic carbocycles. The number of likely N-dealkylation sites (tertiary alicyclic amines) is 1. The molecule has 12 unspecified atom stereocenters. The SMILES string of the molecule is CCC(C)C(CC(C)C(C)C(=O)C(NC(=O)C(C(C)C)N(C)C(=O)OC(C)(C)C)C(C)C)C(CC(=O)N1CCCC1C(OC)C(C)C(=O)NC(C(=O)O)C(C)c1ccccc1)OC. The molecule has 1 saturated heterocycles. The van der Waals surface area contributed by atoms with Crippen molar-refractivity contribution in [1.29, 1.82) is 0 Å². The second-order valence-electron chi connectivity index (χ2n) is 19.8. The van der Waals surface area contributed by atoms with Gasteiger partial charge in [-0.2, -0.15) is 0 Å². The van der Waals surface area contributed by atoms with Crippen molar-refractivity contribution in [2.75, 3.05) is 27.8 Å². The van der Waals surface area contributed by atoms with Gasteiger partial charge >= 0.3 is 12.1 Å². The minimum Gasteiger partial charge on any atom is -0.480 e. The molecule has 0 spiro atoms. The Morgan fingerprint density at radius 2 is 1.41 bits per heavy atom. The lowest BCUT2D eigenvalue weighted by molar-refractivity contribution is -0.146. The maximum atomic E-state index is 14.3. The molecular formula is C49H82N4O10. The first kappa shape index (κ1) is 55.1. The Bertz CT molecular complexity index is 1650. The van der Waals surface area contributed by atoms with Crippen LogP contribution < -0.4 is 10.6 Å². The number of carboxylic acid groups (broad SMARTS) is 1. The Morgan fingerprint density at radius 3 is 1.90 bits per heavy atom. The van der Waals surface area contributed by atoms with Crippen molar-refractivity contribution in [2.24, 2.45) is 41.4 Å². The number of carbonyl (C=O) groups is 6. The molecule has 1 aliphatic heterocycles. The number of ether oxygens (including phenoxy) is 3.